The summed E-state index contributed by atoms with van der Waals surface area (Å²) in [4.78, 5) is 1.90. The van der Waals surface area contributed by atoms with E-state index in [1.807, 2.05) is 0 Å². The SMILES string of the molecule is CCCC1(C)CCCN(c2ccc(S(N)(=O)=O)cc2S(C)(=O)=O)C1. The highest BCUT2D eigenvalue weighted by Crippen LogP contribution is 2.38. The van der Waals surface area contributed by atoms with Crippen LogP contribution in [0.15, 0.2) is 28.0 Å². The zero-order chi connectivity index (χ0) is 18.2. The number of hydrogen-bond donors (Lipinski definition) is 1. The van der Waals surface area contributed by atoms with E-state index in [1.54, 1.807) is 6.07 Å². The third-order valence-electron chi connectivity index (χ3n) is 4.63. The van der Waals surface area contributed by atoms with Gasteiger partial charge in [0.15, 0.2) is 9.84 Å². The highest BCUT2D eigenvalue weighted by Gasteiger charge is 2.32. The molecule has 0 bridgehead atoms. The molecular weight excluding hydrogens is 348 g/mol. The van der Waals surface area contributed by atoms with Crippen LogP contribution < -0.4 is 10.0 Å². The van der Waals surface area contributed by atoms with E-state index in [0.29, 0.717) is 5.69 Å². The first-order valence-electron chi connectivity index (χ1n) is 8.08. The van der Waals surface area contributed by atoms with Crippen LogP contribution in [0.2, 0.25) is 0 Å². The van der Waals surface area contributed by atoms with Gasteiger partial charge in [0, 0.05) is 19.3 Å². The summed E-state index contributed by atoms with van der Waals surface area (Å²) in [6.07, 6.45) is 5.34. The van der Waals surface area contributed by atoms with Gasteiger partial charge in [-0.3, -0.25) is 0 Å². The van der Waals surface area contributed by atoms with Crippen molar-refractivity contribution in [2.75, 3.05) is 24.2 Å². The average molecular weight is 375 g/mol. The first-order chi connectivity index (χ1) is 11.0. The molecule has 0 aliphatic carbocycles. The lowest BCUT2D eigenvalue weighted by atomic mass is 9.78. The molecule has 1 saturated heterocycles. The van der Waals surface area contributed by atoms with E-state index in [-0.39, 0.29) is 15.2 Å². The third-order valence-corrected chi connectivity index (χ3v) is 6.67. The van der Waals surface area contributed by atoms with Gasteiger partial charge in [0.25, 0.3) is 0 Å². The monoisotopic (exact) mass is 374 g/mol. The molecule has 1 atom stereocenters. The number of anilines is 1. The Morgan fingerprint density at radius 1 is 1.25 bits per heavy atom. The van der Waals surface area contributed by atoms with Crippen molar-refractivity contribution in [3.8, 4) is 0 Å². The van der Waals surface area contributed by atoms with Gasteiger partial charge in [-0.15, -0.1) is 0 Å². The fourth-order valence-corrected chi connectivity index (χ4v) is 5.09. The highest BCUT2D eigenvalue weighted by atomic mass is 32.2. The zero-order valence-corrected chi connectivity index (χ0v) is 16.1. The van der Waals surface area contributed by atoms with Gasteiger partial charge in [-0.1, -0.05) is 20.3 Å². The van der Waals surface area contributed by atoms with Crippen LogP contribution in [-0.2, 0) is 19.9 Å². The fourth-order valence-electron chi connectivity index (χ4n) is 3.56. The van der Waals surface area contributed by atoms with Crippen molar-refractivity contribution in [3.05, 3.63) is 18.2 Å². The number of piperidine rings is 1. The van der Waals surface area contributed by atoms with Crippen LogP contribution >= 0.6 is 0 Å². The van der Waals surface area contributed by atoms with Crippen molar-refractivity contribution >= 4 is 25.5 Å². The zero-order valence-electron chi connectivity index (χ0n) is 14.4. The molecule has 1 aromatic rings. The number of hydrogen-bond acceptors (Lipinski definition) is 5. The van der Waals surface area contributed by atoms with Crippen molar-refractivity contribution in [1.82, 2.24) is 0 Å². The Hall–Kier alpha value is -1.12. The summed E-state index contributed by atoms with van der Waals surface area (Å²) in [5.74, 6) is 0. The molecule has 1 heterocycles. The number of rotatable bonds is 5. The molecule has 1 unspecified atom stereocenters. The van der Waals surface area contributed by atoms with Crippen LogP contribution in [0.1, 0.15) is 39.5 Å². The second kappa shape index (κ2) is 6.65. The van der Waals surface area contributed by atoms with Gasteiger partial charge in [-0.25, -0.2) is 22.0 Å². The predicted molar refractivity (Wildman–Crippen MR) is 95.4 cm³/mol. The van der Waals surface area contributed by atoms with Crippen LogP contribution in [0.25, 0.3) is 0 Å². The van der Waals surface area contributed by atoms with E-state index in [4.69, 9.17) is 5.14 Å². The second-order valence-corrected chi connectivity index (χ2v) is 10.6. The van der Waals surface area contributed by atoms with Gasteiger partial charge >= 0.3 is 0 Å². The van der Waals surface area contributed by atoms with Crippen LogP contribution in [0.5, 0.6) is 0 Å². The summed E-state index contributed by atoms with van der Waals surface area (Å²) in [6.45, 7) is 5.89. The largest absolute Gasteiger partial charge is 0.370 e. The van der Waals surface area contributed by atoms with E-state index in [2.05, 4.69) is 18.7 Å². The van der Waals surface area contributed by atoms with Crippen molar-refractivity contribution in [2.45, 2.75) is 49.3 Å². The first-order valence-corrected chi connectivity index (χ1v) is 11.5. The van der Waals surface area contributed by atoms with Crippen LogP contribution in [-0.4, -0.2) is 36.2 Å². The molecule has 1 aliphatic rings. The van der Waals surface area contributed by atoms with Gasteiger partial charge in [0.1, 0.15) is 0 Å². The molecule has 0 amide bonds. The minimum atomic E-state index is -3.95. The Balaban J connectivity index is 2.50. The van der Waals surface area contributed by atoms with Crippen molar-refractivity contribution in [2.24, 2.45) is 10.6 Å². The van der Waals surface area contributed by atoms with E-state index in [9.17, 15) is 16.8 Å². The van der Waals surface area contributed by atoms with Gasteiger partial charge in [0.05, 0.1) is 15.5 Å². The molecule has 1 fully saturated rings. The van der Waals surface area contributed by atoms with Crippen LogP contribution in [0, 0.1) is 5.41 Å². The topological polar surface area (TPSA) is 97.5 Å². The summed E-state index contributed by atoms with van der Waals surface area (Å²) < 4.78 is 47.5. The lowest BCUT2D eigenvalue weighted by molar-refractivity contribution is 0.238. The molecule has 0 saturated carbocycles. The Labute approximate surface area is 145 Å². The van der Waals surface area contributed by atoms with Gasteiger partial charge in [-0.05, 0) is 42.9 Å². The summed E-state index contributed by atoms with van der Waals surface area (Å²) in [7, 11) is -7.52. The lowest BCUT2D eigenvalue weighted by Crippen LogP contribution is -2.42. The Kier molecular flexibility index (Phi) is 5.32. The molecule has 0 radical (unpaired) electrons. The Morgan fingerprint density at radius 3 is 2.46 bits per heavy atom. The summed E-state index contributed by atoms with van der Waals surface area (Å²) >= 11 is 0. The van der Waals surface area contributed by atoms with Crippen molar-refractivity contribution < 1.29 is 16.8 Å². The Bertz CT molecular complexity index is 814. The summed E-state index contributed by atoms with van der Waals surface area (Å²) in [5.41, 5.74) is 0.701. The maximum Gasteiger partial charge on any atom is 0.238 e. The summed E-state index contributed by atoms with van der Waals surface area (Å²) in [6, 6.07) is 4.12. The third kappa shape index (κ3) is 4.29. The molecule has 6 nitrogen and oxygen atoms in total. The highest BCUT2D eigenvalue weighted by molar-refractivity contribution is 7.91. The quantitative estimate of drug-likeness (QED) is 0.851. The minimum Gasteiger partial charge on any atom is -0.370 e. The molecule has 0 aromatic heterocycles. The number of nitrogens with two attached hydrogens (primary N) is 1. The van der Waals surface area contributed by atoms with Crippen LogP contribution in [0.4, 0.5) is 5.69 Å². The van der Waals surface area contributed by atoms with E-state index in [1.165, 1.54) is 12.1 Å². The van der Waals surface area contributed by atoms with Gasteiger partial charge < -0.3 is 4.90 Å². The second-order valence-electron chi connectivity index (χ2n) is 7.03. The smallest absolute Gasteiger partial charge is 0.238 e. The van der Waals surface area contributed by atoms with Gasteiger partial charge in [-0.2, -0.15) is 0 Å². The van der Waals surface area contributed by atoms with Crippen molar-refractivity contribution in [3.63, 3.8) is 0 Å². The van der Waals surface area contributed by atoms with Crippen molar-refractivity contribution in [1.29, 1.82) is 0 Å². The fraction of sp³-hybridized carbons (Fsp3) is 0.625. The number of sulfone groups is 1. The molecule has 1 aromatic carbocycles. The maximum atomic E-state index is 12.2. The lowest BCUT2D eigenvalue weighted by Gasteiger charge is -2.42. The normalized spacial score (nSPS) is 22.6. The summed E-state index contributed by atoms with van der Waals surface area (Å²) in [5, 5.41) is 5.14. The molecule has 24 heavy (non-hydrogen) atoms. The van der Waals surface area contributed by atoms with E-state index >= 15 is 0 Å². The number of nitrogens with zero attached hydrogens (tertiary/aromatic N) is 1. The number of benzene rings is 1. The minimum absolute atomic E-state index is 0.0229. The molecule has 136 valence electrons. The molecule has 0 spiro atoms. The van der Waals surface area contributed by atoms with Crippen LogP contribution in [0.3, 0.4) is 0 Å². The number of sulfonamides is 1. The molecule has 2 rings (SSSR count). The predicted octanol–water partition coefficient (Wildman–Crippen LogP) is 2.14. The Morgan fingerprint density at radius 2 is 1.92 bits per heavy atom. The molecular formula is C16H26N2O4S2. The molecule has 1 aliphatic heterocycles. The first kappa shape index (κ1) is 19.2. The maximum absolute atomic E-state index is 12.2. The van der Waals surface area contributed by atoms with Gasteiger partial charge in [0.2, 0.25) is 10.0 Å². The standard InChI is InChI=1S/C16H26N2O4S2/c1-4-8-16(2)9-5-10-18(12-16)14-7-6-13(24(17,21)22)11-15(14)23(3,19)20/h6-7,11H,4-5,8-10,12H2,1-3H3,(H2,17,21,22). The van der Waals surface area contributed by atoms with E-state index in [0.717, 1.165) is 45.0 Å². The molecule has 2 N–H and O–H groups in total. The molecule has 8 heteroatoms. The average Bonchev–Trinajstić information content (AvgIpc) is 2.44. The number of primary sulfonamides is 1. The van der Waals surface area contributed by atoms with E-state index < -0.39 is 19.9 Å².